The fraction of sp³-hybridized carbons (Fsp3) is 0.333. The molecule has 0 N–H and O–H groups in total. The molecule has 0 amide bonds. The van der Waals surface area contributed by atoms with Gasteiger partial charge in [-0.15, -0.1) is 11.3 Å². The Balaban J connectivity index is 2.60. The third-order valence-corrected chi connectivity index (χ3v) is 4.70. The van der Waals surface area contributed by atoms with Crippen molar-refractivity contribution < 1.29 is 4.79 Å². The third kappa shape index (κ3) is 2.10. The van der Waals surface area contributed by atoms with Crippen LogP contribution in [0.3, 0.4) is 0 Å². The monoisotopic (exact) mass is 259 g/mol. The van der Waals surface area contributed by atoms with E-state index < -0.39 is 0 Å². The molecule has 18 heavy (non-hydrogen) atoms. The van der Waals surface area contributed by atoms with Crippen molar-refractivity contribution in [2.75, 3.05) is 0 Å². The summed E-state index contributed by atoms with van der Waals surface area (Å²) in [4.78, 5) is 16.8. The molecule has 0 aliphatic heterocycles. The van der Waals surface area contributed by atoms with E-state index in [0.29, 0.717) is 0 Å². The SMILES string of the molecule is CC(=O)c1sc(-c2ccc(C)c(C)c2C)nc1C. The Morgan fingerprint density at radius 1 is 1.11 bits per heavy atom. The molecule has 0 bridgehead atoms. The second-order valence-electron chi connectivity index (χ2n) is 4.67. The molecule has 2 rings (SSSR count). The standard InChI is InChI=1S/C15H17NOS/c1-8-6-7-13(10(3)9(8)2)15-16-11(4)14(18-15)12(5)17/h6-7H,1-5H3. The largest absolute Gasteiger partial charge is 0.294 e. The minimum absolute atomic E-state index is 0.0951. The number of thiazole rings is 1. The summed E-state index contributed by atoms with van der Waals surface area (Å²) >= 11 is 1.49. The topological polar surface area (TPSA) is 30.0 Å². The summed E-state index contributed by atoms with van der Waals surface area (Å²) in [7, 11) is 0. The zero-order valence-corrected chi connectivity index (χ0v) is 12.2. The van der Waals surface area contributed by atoms with Gasteiger partial charge < -0.3 is 0 Å². The number of ketones is 1. The number of Topliss-reactive ketones (excluding diaryl/α,β-unsaturated/α-hetero) is 1. The summed E-state index contributed by atoms with van der Waals surface area (Å²) in [5, 5.41) is 0.943. The highest BCUT2D eigenvalue weighted by atomic mass is 32.1. The average molecular weight is 259 g/mol. The Bertz CT molecular complexity index is 626. The molecule has 0 saturated carbocycles. The van der Waals surface area contributed by atoms with Gasteiger partial charge in [0.05, 0.1) is 10.6 Å². The maximum atomic E-state index is 11.5. The Morgan fingerprint density at radius 3 is 2.33 bits per heavy atom. The minimum atomic E-state index is 0.0951. The van der Waals surface area contributed by atoms with Gasteiger partial charge in [-0.05, 0) is 44.4 Å². The quantitative estimate of drug-likeness (QED) is 0.755. The van der Waals surface area contributed by atoms with Gasteiger partial charge in [-0.1, -0.05) is 12.1 Å². The van der Waals surface area contributed by atoms with Crippen molar-refractivity contribution in [1.29, 1.82) is 0 Å². The minimum Gasteiger partial charge on any atom is -0.294 e. The van der Waals surface area contributed by atoms with Gasteiger partial charge in [-0.2, -0.15) is 0 Å². The number of aromatic nitrogens is 1. The first-order chi connectivity index (χ1) is 8.41. The smallest absolute Gasteiger partial charge is 0.171 e. The summed E-state index contributed by atoms with van der Waals surface area (Å²) in [5.74, 6) is 0.0951. The Hall–Kier alpha value is -1.48. The molecule has 1 aromatic carbocycles. The maximum absolute atomic E-state index is 11.5. The average Bonchev–Trinajstić information content (AvgIpc) is 2.68. The van der Waals surface area contributed by atoms with Crippen molar-refractivity contribution in [3.05, 3.63) is 39.4 Å². The molecule has 0 unspecified atom stereocenters. The van der Waals surface area contributed by atoms with Gasteiger partial charge in [0, 0.05) is 12.5 Å². The molecular weight excluding hydrogens is 242 g/mol. The molecule has 2 nitrogen and oxygen atoms in total. The number of carbonyl (C=O) groups excluding carboxylic acids is 1. The van der Waals surface area contributed by atoms with Crippen LogP contribution in [0.2, 0.25) is 0 Å². The van der Waals surface area contributed by atoms with Crippen LogP contribution in [0.1, 0.15) is 39.0 Å². The third-order valence-electron chi connectivity index (χ3n) is 3.40. The second kappa shape index (κ2) is 4.65. The van der Waals surface area contributed by atoms with E-state index in [-0.39, 0.29) is 5.78 Å². The number of benzene rings is 1. The predicted molar refractivity (Wildman–Crippen MR) is 76.5 cm³/mol. The van der Waals surface area contributed by atoms with E-state index in [0.717, 1.165) is 21.1 Å². The number of hydrogen-bond acceptors (Lipinski definition) is 3. The van der Waals surface area contributed by atoms with Crippen molar-refractivity contribution in [3.63, 3.8) is 0 Å². The van der Waals surface area contributed by atoms with E-state index in [1.807, 2.05) is 6.92 Å². The first-order valence-electron chi connectivity index (χ1n) is 5.97. The zero-order valence-electron chi connectivity index (χ0n) is 11.4. The van der Waals surface area contributed by atoms with Crippen molar-refractivity contribution >= 4 is 17.1 Å². The van der Waals surface area contributed by atoms with Crippen molar-refractivity contribution in [2.24, 2.45) is 0 Å². The molecule has 0 fully saturated rings. The summed E-state index contributed by atoms with van der Waals surface area (Å²) in [6.07, 6.45) is 0. The fourth-order valence-corrected chi connectivity index (χ4v) is 3.07. The molecule has 0 aliphatic rings. The van der Waals surface area contributed by atoms with Crippen molar-refractivity contribution in [2.45, 2.75) is 34.6 Å². The van der Waals surface area contributed by atoms with Gasteiger partial charge in [-0.3, -0.25) is 4.79 Å². The zero-order chi connectivity index (χ0) is 13.4. The van der Waals surface area contributed by atoms with Crippen LogP contribution < -0.4 is 0 Å². The molecule has 0 spiro atoms. The van der Waals surface area contributed by atoms with Crippen LogP contribution in [0.4, 0.5) is 0 Å². The fourth-order valence-electron chi connectivity index (χ4n) is 2.03. The van der Waals surface area contributed by atoms with Crippen LogP contribution in [-0.4, -0.2) is 10.8 Å². The summed E-state index contributed by atoms with van der Waals surface area (Å²) in [5.41, 5.74) is 5.80. The first kappa shape index (κ1) is 13.0. The predicted octanol–water partition coefficient (Wildman–Crippen LogP) is 4.25. The number of hydrogen-bond donors (Lipinski definition) is 0. The molecule has 2 aromatic rings. The van der Waals surface area contributed by atoms with Gasteiger partial charge in [-0.25, -0.2) is 4.98 Å². The van der Waals surface area contributed by atoms with Crippen LogP contribution in [0.25, 0.3) is 10.6 Å². The van der Waals surface area contributed by atoms with E-state index in [1.54, 1.807) is 6.92 Å². The summed E-state index contributed by atoms with van der Waals surface area (Å²) in [6.45, 7) is 9.84. The highest BCUT2D eigenvalue weighted by Gasteiger charge is 2.15. The second-order valence-corrected chi connectivity index (χ2v) is 5.67. The Morgan fingerprint density at radius 2 is 1.78 bits per heavy atom. The molecule has 3 heteroatoms. The summed E-state index contributed by atoms with van der Waals surface area (Å²) < 4.78 is 0. The molecule has 0 radical (unpaired) electrons. The molecule has 1 aromatic heterocycles. The lowest BCUT2D eigenvalue weighted by Gasteiger charge is -2.08. The molecule has 1 heterocycles. The van der Waals surface area contributed by atoms with Crippen molar-refractivity contribution in [1.82, 2.24) is 4.98 Å². The highest BCUT2D eigenvalue weighted by molar-refractivity contribution is 7.17. The molecule has 0 saturated heterocycles. The molecule has 0 atom stereocenters. The molecule has 94 valence electrons. The number of rotatable bonds is 2. The lowest BCUT2D eigenvalue weighted by Crippen LogP contribution is -1.90. The number of carbonyl (C=O) groups is 1. The van der Waals surface area contributed by atoms with Crippen LogP contribution in [0.15, 0.2) is 12.1 Å². The van der Waals surface area contributed by atoms with E-state index >= 15 is 0 Å². The van der Waals surface area contributed by atoms with E-state index in [2.05, 4.69) is 37.9 Å². The van der Waals surface area contributed by atoms with Crippen molar-refractivity contribution in [3.8, 4) is 10.6 Å². The lowest BCUT2D eigenvalue weighted by atomic mass is 9.99. The molecular formula is C15H17NOS. The normalized spacial score (nSPS) is 10.7. The van der Waals surface area contributed by atoms with Gasteiger partial charge in [0.2, 0.25) is 0 Å². The Labute approximate surface area is 112 Å². The van der Waals surface area contributed by atoms with E-state index in [9.17, 15) is 4.79 Å². The maximum Gasteiger partial charge on any atom is 0.171 e. The number of nitrogens with zero attached hydrogens (tertiary/aromatic N) is 1. The van der Waals surface area contributed by atoms with Crippen LogP contribution in [0, 0.1) is 27.7 Å². The van der Waals surface area contributed by atoms with Crippen LogP contribution in [-0.2, 0) is 0 Å². The number of aryl methyl sites for hydroxylation is 2. The highest BCUT2D eigenvalue weighted by Crippen LogP contribution is 2.32. The van der Waals surface area contributed by atoms with Gasteiger partial charge in [0.15, 0.2) is 5.78 Å². The first-order valence-corrected chi connectivity index (χ1v) is 6.79. The summed E-state index contributed by atoms with van der Waals surface area (Å²) in [6, 6.07) is 4.21. The van der Waals surface area contributed by atoms with Gasteiger partial charge in [0.25, 0.3) is 0 Å². The van der Waals surface area contributed by atoms with Crippen LogP contribution in [0.5, 0.6) is 0 Å². The van der Waals surface area contributed by atoms with Gasteiger partial charge >= 0.3 is 0 Å². The van der Waals surface area contributed by atoms with Crippen LogP contribution >= 0.6 is 11.3 Å². The van der Waals surface area contributed by atoms with Gasteiger partial charge in [0.1, 0.15) is 5.01 Å². The van der Waals surface area contributed by atoms with E-state index in [4.69, 9.17) is 0 Å². The Kier molecular flexibility index (Phi) is 3.35. The molecule has 0 aliphatic carbocycles. The van der Waals surface area contributed by atoms with E-state index in [1.165, 1.54) is 28.0 Å². The lowest BCUT2D eigenvalue weighted by molar-refractivity contribution is 0.102.